The molecule has 0 aliphatic rings. The van der Waals surface area contributed by atoms with E-state index in [1.807, 2.05) is 12.1 Å². The highest BCUT2D eigenvalue weighted by Gasteiger charge is 2.12. The monoisotopic (exact) mass is 371 g/mol. The number of carbonyl (C=O) groups excluding carboxylic acids is 1. The SMILES string of the molecule is Cc1ccc(SCCC(=O)NCCOc2ccc(C(C)(C)C)cc2)cc1. The Morgan fingerprint density at radius 2 is 1.69 bits per heavy atom. The van der Waals surface area contributed by atoms with Gasteiger partial charge < -0.3 is 10.1 Å². The molecule has 0 aromatic heterocycles. The van der Waals surface area contributed by atoms with Crippen molar-refractivity contribution >= 4 is 17.7 Å². The van der Waals surface area contributed by atoms with Crippen molar-refractivity contribution in [2.75, 3.05) is 18.9 Å². The third-order valence-electron chi connectivity index (χ3n) is 4.03. The van der Waals surface area contributed by atoms with Crippen LogP contribution in [-0.2, 0) is 10.2 Å². The maximum Gasteiger partial charge on any atom is 0.220 e. The lowest BCUT2D eigenvalue weighted by atomic mass is 9.87. The van der Waals surface area contributed by atoms with E-state index in [4.69, 9.17) is 4.74 Å². The Bertz CT molecular complexity index is 688. The van der Waals surface area contributed by atoms with Crippen LogP contribution in [0.1, 0.15) is 38.3 Å². The fourth-order valence-electron chi connectivity index (χ4n) is 2.39. The summed E-state index contributed by atoms with van der Waals surface area (Å²) in [7, 11) is 0. The molecule has 26 heavy (non-hydrogen) atoms. The van der Waals surface area contributed by atoms with Gasteiger partial charge >= 0.3 is 0 Å². The Balaban J connectivity index is 1.60. The molecular formula is C22H29NO2S. The molecule has 0 aliphatic heterocycles. The van der Waals surface area contributed by atoms with Crippen LogP contribution in [-0.4, -0.2) is 24.8 Å². The van der Waals surface area contributed by atoms with Crippen LogP contribution in [0, 0.1) is 6.92 Å². The topological polar surface area (TPSA) is 38.3 Å². The van der Waals surface area contributed by atoms with Gasteiger partial charge in [-0.3, -0.25) is 4.79 Å². The Labute approximate surface area is 161 Å². The van der Waals surface area contributed by atoms with Gasteiger partial charge in [-0.25, -0.2) is 0 Å². The third kappa shape index (κ3) is 7.12. The smallest absolute Gasteiger partial charge is 0.220 e. The van der Waals surface area contributed by atoms with Crippen LogP contribution < -0.4 is 10.1 Å². The van der Waals surface area contributed by atoms with Crippen molar-refractivity contribution in [3.63, 3.8) is 0 Å². The zero-order chi connectivity index (χ0) is 19.0. The lowest BCUT2D eigenvalue weighted by molar-refractivity contribution is -0.120. The molecule has 140 valence electrons. The van der Waals surface area contributed by atoms with Crippen molar-refractivity contribution in [2.45, 2.75) is 44.4 Å². The number of benzene rings is 2. The van der Waals surface area contributed by atoms with Crippen molar-refractivity contribution in [3.05, 3.63) is 59.7 Å². The van der Waals surface area contributed by atoms with Crippen LogP contribution in [0.25, 0.3) is 0 Å². The molecule has 0 spiro atoms. The highest BCUT2D eigenvalue weighted by atomic mass is 32.2. The molecule has 0 bridgehead atoms. The lowest BCUT2D eigenvalue weighted by Crippen LogP contribution is -2.28. The second-order valence-corrected chi connectivity index (χ2v) is 8.55. The van der Waals surface area contributed by atoms with E-state index >= 15 is 0 Å². The largest absolute Gasteiger partial charge is 0.492 e. The van der Waals surface area contributed by atoms with Crippen LogP contribution in [0.4, 0.5) is 0 Å². The average Bonchev–Trinajstić information content (AvgIpc) is 2.60. The molecule has 2 aromatic rings. The Hall–Kier alpha value is -1.94. The molecule has 0 radical (unpaired) electrons. The lowest BCUT2D eigenvalue weighted by Gasteiger charge is -2.19. The van der Waals surface area contributed by atoms with Gasteiger partial charge in [0.05, 0.1) is 6.54 Å². The van der Waals surface area contributed by atoms with E-state index in [0.29, 0.717) is 19.6 Å². The molecule has 0 heterocycles. The minimum atomic E-state index is 0.0660. The van der Waals surface area contributed by atoms with Gasteiger partial charge in [0.2, 0.25) is 5.91 Å². The summed E-state index contributed by atoms with van der Waals surface area (Å²) in [6.07, 6.45) is 0.513. The summed E-state index contributed by atoms with van der Waals surface area (Å²) in [6, 6.07) is 16.5. The second kappa shape index (κ2) is 9.67. The molecule has 0 saturated heterocycles. The molecule has 1 amide bonds. The summed E-state index contributed by atoms with van der Waals surface area (Å²) in [6.45, 7) is 9.64. The summed E-state index contributed by atoms with van der Waals surface area (Å²) in [5, 5.41) is 2.91. The maximum absolute atomic E-state index is 11.9. The molecule has 0 unspecified atom stereocenters. The molecule has 1 N–H and O–H groups in total. The first-order valence-corrected chi connectivity index (χ1v) is 10.0. The van der Waals surface area contributed by atoms with Crippen molar-refractivity contribution in [1.29, 1.82) is 0 Å². The first-order chi connectivity index (χ1) is 12.3. The van der Waals surface area contributed by atoms with E-state index in [9.17, 15) is 4.79 Å². The van der Waals surface area contributed by atoms with Gasteiger partial charge in [0.15, 0.2) is 0 Å². The number of aryl methyl sites for hydroxylation is 1. The molecular weight excluding hydrogens is 342 g/mol. The molecule has 4 heteroatoms. The van der Waals surface area contributed by atoms with Gasteiger partial charge in [-0.1, -0.05) is 50.6 Å². The van der Waals surface area contributed by atoms with E-state index in [0.717, 1.165) is 11.5 Å². The summed E-state index contributed by atoms with van der Waals surface area (Å²) in [5.41, 5.74) is 2.67. The Kier molecular flexibility index (Phi) is 7.58. The number of hydrogen-bond donors (Lipinski definition) is 1. The van der Waals surface area contributed by atoms with Gasteiger partial charge in [0.1, 0.15) is 12.4 Å². The van der Waals surface area contributed by atoms with Crippen LogP contribution in [0.3, 0.4) is 0 Å². The number of ether oxygens (including phenoxy) is 1. The van der Waals surface area contributed by atoms with Crippen molar-refractivity contribution in [1.82, 2.24) is 5.32 Å². The highest BCUT2D eigenvalue weighted by molar-refractivity contribution is 7.99. The first kappa shape index (κ1) is 20.4. The van der Waals surface area contributed by atoms with Gasteiger partial charge in [0, 0.05) is 17.1 Å². The number of nitrogens with one attached hydrogen (secondary N) is 1. The first-order valence-electron chi connectivity index (χ1n) is 9.04. The van der Waals surface area contributed by atoms with E-state index in [2.05, 4.69) is 69.4 Å². The highest BCUT2D eigenvalue weighted by Crippen LogP contribution is 2.24. The van der Waals surface area contributed by atoms with Gasteiger partial charge in [0.25, 0.3) is 0 Å². The summed E-state index contributed by atoms with van der Waals surface area (Å²) >= 11 is 1.70. The van der Waals surface area contributed by atoms with Gasteiger partial charge in [-0.05, 0) is 42.2 Å². The fourth-order valence-corrected chi connectivity index (χ4v) is 3.25. The standard InChI is InChI=1S/C22H29NO2S/c1-17-5-11-20(12-6-17)26-16-13-21(24)23-14-15-25-19-9-7-18(8-10-19)22(2,3)4/h5-12H,13-16H2,1-4H3,(H,23,24). The van der Waals surface area contributed by atoms with Crippen LogP contribution in [0.15, 0.2) is 53.4 Å². The number of hydrogen-bond acceptors (Lipinski definition) is 3. The van der Waals surface area contributed by atoms with Crippen LogP contribution in [0.5, 0.6) is 5.75 Å². The number of amides is 1. The molecule has 0 saturated carbocycles. The molecule has 0 atom stereocenters. The number of rotatable bonds is 8. The van der Waals surface area contributed by atoms with Gasteiger partial charge in [-0.15, -0.1) is 11.8 Å². The maximum atomic E-state index is 11.9. The summed E-state index contributed by atoms with van der Waals surface area (Å²) in [4.78, 5) is 13.1. The molecule has 3 nitrogen and oxygen atoms in total. The predicted octanol–water partition coefficient (Wildman–Crippen LogP) is 4.97. The van der Waals surface area contributed by atoms with E-state index in [1.54, 1.807) is 11.8 Å². The Morgan fingerprint density at radius 3 is 2.31 bits per heavy atom. The van der Waals surface area contributed by atoms with E-state index < -0.39 is 0 Å². The predicted molar refractivity (Wildman–Crippen MR) is 110 cm³/mol. The van der Waals surface area contributed by atoms with Crippen molar-refractivity contribution in [3.8, 4) is 5.75 Å². The second-order valence-electron chi connectivity index (χ2n) is 7.38. The Morgan fingerprint density at radius 1 is 1.04 bits per heavy atom. The fraction of sp³-hybridized carbons (Fsp3) is 0.409. The van der Waals surface area contributed by atoms with Crippen molar-refractivity contribution in [2.24, 2.45) is 0 Å². The molecule has 0 fully saturated rings. The van der Waals surface area contributed by atoms with E-state index in [-0.39, 0.29) is 11.3 Å². The quantitative estimate of drug-likeness (QED) is 0.526. The third-order valence-corrected chi connectivity index (χ3v) is 5.05. The molecule has 2 aromatic carbocycles. The normalized spacial score (nSPS) is 11.2. The van der Waals surface area contributed by atoms with Crippen LogP contribution in [0.2, 0.25) is 0 Å². The average molecular weight is 372 g/mol. The summed E-state index contributed by atoms with van der Waals surface area (Å²) < 4.78 is 5.69. The zero-order valence-electron chi connectivity index (χ0n) is 16.2. The van der Waals surface area contributed by atoms with Gasteiger partial charge in [-0.2, -0.15) is 0 Å². The number of carbonyl (C=O) groups is 1. The number of thioether (sulfide) groups is 1. The van der Waals surface area contributed by atoms with Crippen molar-refractivity contribution < 1.29 is 9.53 Å². The minimum Gasteiger partial charge on any atom is -0.492 e. The molecule has 0 aliphatic carbocycles. The summed E-state index contributed by atoms with van der Waals surface area (Å²) in [5.74, 6) is 1.68. The zero-order valence-corrected chi connectivity index (χ0v) is 17.0. The minimum absolute atomic E-state index is 0.0660. The van der Waals surface area contributed by atoms with E-state index in [1.165, 1.54) is 16.0 Å². The molecule has 2 rings (SSSR count). The van der Waals surface area contributed by atoms with Crippen LogP contribution >= 0.6 is 11.8 Å².